The van der Waals surface area contributed by atoms with Crippen molar-refractivity contribution in [1.29, 1.82) is 0 Å². The molecule has 88 valence electrons. The molecule has 17 heavy (non-hydrogen) atoms. The van der Waals surface area contributed by atoms with Gasteiger partial charge in [0.05, 0.1) is 7.11 Å². The zero-order valence-corrected chi connectivity index (χ0v) is 10.4. The number of carbonyl (C=O) groups is 1. The van der Waals surface area contributed by atoms with Crippen LogP contribution in [0.4, 0.5) is 0 Å². The van der Waals surface area contributed by atoms with E-state index in [1.54, 1.807) is 25.3 Å². The molecule has 6 heteroatoms. The number of hydrogen-bond donors (Lipinski definition) is 1. The van der Waals surface area contributed by atoms with Crippen molar-refractivity contribution in [2.45, 2.75) is 0 Å². The van der Waals surface area contributed by atoms with Gasteiger partial charge in [-0.1, -0.05) is 21.1 Å². The van der Waals surface area contributed by atoms with E-state index in [0.29, 0.717) is 17.0 Å². The van der Waals surface area contributed by atoms with Crippen LogP contribution >= 0.6 is 15.9 Å². The van der Waals surface area contributed by atoms with E-state index in [9.17, 15) is 4.79 Å². The van der Waals surface area contributed by atoms with Gasteiger partial charge in [0.15, 0.2) is 0 Å². The number of carboxylic acids is 1. The maximum Gasteiger partial charge on any atom is 0.374 e. The lowest BCUT2D eigenvalue weighted by Gasteiger charge is -2.03. The zero-order valence-electron chi connectivity index (χ0n) is 8.81. The van der Waals surface area contributed by atoms with Crippen LogP contribution in [-0.4, -0.2) is 23.3 Å². The first-order chi connectivity index (χ1) is 8.11. The lowest BCUT2D eigenvalue weighted by Crippen LogP contribution is -1.91. The number of aromatic nitrogens is 1. The van der Waals surface area contributed by atoms with Crippen LogP contribution < -0.4 is 4.74 Å². The third-order valence-corrected chi connectivity index (χ3v) is 2.86. The summed E-state index contributed by atoms with van der Waals surface area (Å²) in [5.41, 5.74) is 1.15. The monoisotopic (exact) mass is 297 g/mol. The molecule has 1 aromatic heterocycles. The smallest absolute Gasteiger partial charge is 0.374 e. The minimum Gasteiger partial charge on any atom is -0.497 e. The summed E-state index contributed by atoms with van der Waals surface area (Å²) in [7, 11) is 1.55. The molecule has 0 aliphatic carbocycles. The highest BCUT2D eigenvalue weighted by Gasteiger charge is 2.14. The molecule has 0 atom stereocenters. The second-order valence-electron chi connectivity index (χ2n) is 3.23. The molecule has 1 heterocycles. The molecule has 1 N–H and O–H groups in total. The van der Waals surface area contributed by atoms with Crippen molar-refractivity contribution >= 4 is 21.9 Å². The molecule has 0 radical (unpaired) electrons. The van der Waals surface area contributed by atoms with E-state index in [1.807, 2.05) is 0 Å². The summed E-state index contributed by atoms with van der Waals surface area (Å²) in [4.78, 5) is 10.7. The van der Waals surface area contributed by atoms with Gasteiger partial charge < -0.3 is 14.4 Å². The summed E-state index contributed by atoms with van der Waals surface area (Å²) in [6.45, 7) is 0. The Bertz CT molecular complexity index is 564. The fourth-order valence-corrected chi connectivity index (χ4v) is 1.78. The number of nitrogens with zero attached hydrogens (tertiary/aromatic N) is 1. The molecule has 0 bridgehead atoms. The first kappa shape index (κ1) is 11.7. The summed E-state index contributed by atoms with van der Waals surface area (Å²) in [6.07, 6.45) is 0. The van der Waals surface area contributed by atoms with Crippen molar-refractivity contribution in [1.82, 2.24) is 5.16 Å². The second-order valence-corrected chi connectivity index (χ2v) is 4.08. The quantitative estimate of drug-likeness (QED) is 0.943. The zero-order chi connectivity index (χ0) is 12.4. The van der Waals surface area contributed by atoms with Crippen LogP contribution in [-0.2, 0) is 0 Å². The van der Waals surface area contributed by atoms with Crippen LogP contribution in [0.1, 0.15) is 10.6 Å². The summed E-state index contributed by atoms with van der Waals surface area (Å²) >= 11 is 3.36. The van der Waals surface area contributed by atoms with Gasteiger partial charge in [-0.15, -0.1) is 0 Å². The summed E-state index contributed by atoms with van der Waals surface area (Å²) in [5.74, 6) is -0.694. The highest BCUT2D eigenvalue weighted by molar-refractivity contribution is 9.10. The summed E-state index contributed by atoms with van der Waals surface area (Å²) in [5, 5.41) is 12.4. The number of carboxylic acid groups (broad SMARTS) is 1. The van der Waals surface area contributed by atoms with Crippen molar-refractivity contribution in [2.75, 3.05) is 7.11 Å². The van der Waals surface area contributed by atoms with E-state index in [-0.39, 0.29) is 5.76 Å². The molecular formula is C11H8BrNO4. The molecule has 0 saturated carbocycles. The van der Waals surface area contributed by atoms with Crippen LogP contribution in [0, 0.1) is 0 Å². The standard InChI is InChI=1S/C11H8BrNO4/c1-16-6-2-3-8(12)7(4-6)9-5-10(11(14)15)17-13-9/h2-5H,1H3,(H,14,15). The molecular weight excluding hydrogens is 290 g/mol. The van der Waals surface area contributed by atoms with Crippen molar-refractivity contribution in [3.63, 3.8) is 0 Å². The average Bonchev–Trinajstić information content (AvgIpc) is 2.79. The van der Waals surface area contributed by atoms with E-state index in [1.165, 1.54) is 6.07 Å². The Morgan fingerprint density at radius 1 is 1.47 bits per heavy atom. The number of methoxy groups -OCH3 is 1. The first-order valence-corrected chi connectivity index (χ1v) is 5.45. The molecule has 0 spiro atoms. The van der Waals surface area contributed by atoms with Crippen molar-refractivity contribution in [2.24, 2.45) is 0 Å². The fraction of sp³-hybridized carbons (Fsp3) is 0.0909. The van der Waals surface area contributed by atoms with E-state index in [0.717, 1.165) is 4.47 Å². The van der Waals surface area contributed by atoms with Gasteiger partial charge in [-0.05, 0) is 18.2 Å². The fourth-order valence-electron chi connectivity index (χ4n) is 1.33. The van der Waals surface area contributed by atoms with Gasteiger partial charge >= 0.3 is 5.97 Å². The topological polar surface area (TPSA) is 72.6 Å². The Kier molecular flexibility index (Phi) is 3.14. The summed E-state index contributed by atoms with van der Waals surface area (Å²) < 4.78 is 10.6. The van der Waals surface area contributed by atoms with Crippen LogP contribution in [0.5, 0.6) is 5.75 Å². The normalized spacial score (nSPS) is 10.2. The van der Waals surface area contributed by atoms with Gasteiger partial charge in [-0.25, -0.2) is 4.79 Å². The van der Waals surface area contributed by atoms with Gasteiger partial charge in [0, 0.05) is 16.1 Å². The molecule has 2 rings (SSSR count). The van der Waals surface area contributed by atoms with E-state index in [4.69, 9.17) is 14.4 Å². The van der Waals surface area contributed by atoms with Gasteiger partial charge in [0.1, 0.15) is 11.4 Å². The Hall–Kier alpha value is -1.82. The number of rotatable bonds is 3. The van der Waals surface area contributed by atoms with Crippen LogP contribution in [0.15, 0.2) is 33.3 Å². The van der Waals surface area contributed by atoms with Crippen molar-refractivity contribution in [3.05, 3.63) is 34.5 Å². The third-order valence-electron chi connectivity index (χ3n) is 2.17. The summed E-state index contributed by atoms with van der Waals surface area (Å²) in [6, 6.07) is 6.69. The van der Waals surface area contributed by atoms with Crippen LogP contribution in [0.25, 0.3) is 11.3 Å². The molecule has 1 aromatic carbocycles. The SMILES string of the molecule is COc1ccc(Br)c(-c2cc(C(=O)O)on2)c1. The maximum absolute atomic E-state index is 10.7. The predicted octanol–water partition coefficient (Wildman–Crippen LogP) is 2.81. The van der Waals surface area contributed by atoms with Gasteiger partial charge in [0.25, 0.3) is 0 Å². The van der Waals surface area contributed by atoms with E-state index >= 15 is 0 Å². The van der Waals surface area contributed by atoms with Crippen molar-refractivity contribution < 1.29 is 19.2 Å². The molecule has 0 aliphatic rings. The van der Waals surface area contributed by atoms with E-state index < -0.39 is 5.97 Å². The highest BCUT2D eigenvalue weighted by atomic mass is 79.9. The van der Waals surface area contributed by atoms with Gasteiger partial charge in [-0.3, -0.25) is 0 Å². The third kappa shape index (κ3) is 2.31. The minimum atomic E-state index is -1.15. The van der Waals surface area contributed by atoms with E-state index in [2.05, 4.69) is 21.1 Å². The van der Waals surface area contributed by atoms with Gasteiger partial charge in [0.2, 0.25) is 5.76 Å². The maximum atomic E-state index is 10.7. The lowest BCUT2D eigenvalue weighted by molar-refractivity contribution is 0.0652. The average molecular weight is 298 g/mol. The Morgan fingerprint density at radius 2 is 2.24 bits per heavy atom. The number of benzene rings is 1. The highest BCUT2D eigenvalue weighted by Crippen LogP contribution is 2.31. The first-order valence-electron chi connectivity index (χ1n) is 4.65. The van der Waals surface area contributed by atoms with Crippen LogP contribution in [0.2, 0.25) is 0 Å². The lowest BCUT2D eigenvalue weighted by atomic mass is 10.1. The Labute approximate surface area is 105 Å². The second kappa shape index (κ2) is 4.58. The molecule has 0 amide bonds. The van der Waals surface area contributed by atoms with Gasteiger partial charge in [-0.2, -0.15) is 0 Å². The number of aromatic carboxylic acids is 1. The Morgan fingerprint density at radius 3 is 2.82 bits per heavy atom. The largest absolute Gasteiger partial charge is 0.497 e. The Balaban J connectivity index is 2.47. The van der Waals surface area contributed by atoms with Crippen LogP contribution in [0.3, 0.4) is 0 Å². The number of halogens is 1. The molecule has 0 saturated heterocycles. The predicted molar refractivity (Wildman–Crippen MR) is 63.2 cm³/mol. The molecule has 0 fully saturated rings. The van der Waals surface area contributed by atoms with Crippen molar-refractivity contribution in [3.8, 4) is 17.0 Å². The minimum absolute atomic E-state index is 0.199. The molecule has 5 nitrogen and oxygen atoms in total. The number of ether oxygens (including phenoxy) is 1. The molecule has 2 aromatic rings. The molecule has 0 unspecified atom stereocenters. The molecule has 0 aliphatic heterocycles. The number of hydrogen-bond acceptors (Lipinski definition) is 4.